The Morgan fingerprint density at radius 2 is 2.31 bits per heavy atom. The van der Waals surface area contributed by atoms with Gasteiger partial charge in [0.25, 0.3) is 0 Å². The van der Waals surface area contributed by atoms with Crippen LogP contribution in [0.3, 0.4) is 0 Å². The highest BCUT2D eigenvalue weighted by molar-refractivity contribution is 5.61. The fourth-order valence-electron chi connectivity index (χ4n) is 1.30. The van der Waals surface area contributed by atoms with Crippen LogP contribution in [0.4, 0.5) is 15.8 Å². The molecule has 0 amide bonds. The molecule has 0 radical (unpaired) electrons. The molecule has 1 aromatic rings. The Hall–Kier alpha value is -1.91. The second kappa shape index (κ2) is 5.85. The molecule has 0 fully saturated rings. The number of anilines is 1. The number of allylic oxidation sites excluding steroid dienone is 1. The molecule has 0 heterocycles. The van der Waals surface area contributed by atoms with Gasteiger partial charge in [-0.2, -0.15) is 4.39 Å². The molecule has 0 saturated heterocycles. The van der Waals surface area contributed by atoms with Gasteiger partial charge in [-0.25, -0.2) is 0 Å². The lowest BCUT2D eigenvalue weighted by Crippen LogP contribution is -2.04. The van der Waals surface area contributed by atoms with Gasteiger partial charge < -0.3 is 5.32 Å². The molecule has 4 nitrogen and oxygen atoms in total. The summed E-state index contributed by atoms with van der Waals surface area (Å²) in [5.74, 6) is -0.818. The van der Waals surface area contributed by atoms with Crippen LogP contribution >= 0.6 is 0 Å². The predicted octanol–water partition coefficient (Wildman–Crippen LogP) is 3.11. The third-order valence-corrected chi connectivity index (χ3v) is 2.03. The van der Waals surface area contributed by atoms with Crippen LogP contribution in [0.1, 0.15) is 13.3 Å². The maximum absolute atomic E-state index is 13.2. The summed E-state index contributed by atoms with van der Waals surface area (Å²) in [5, 5.41) is 13.5. The quantitative estimate of drug-likeness (QED) is 0.362. The highest BCUT2D eigenvalue weighted by atomic mass is 19.1. The van der Waals surface area contributed by atoms with Crippen LogP contribution < -0.4 is 5.32 Å². The SMILES string of the molecule is C/C=C/CCNc1cccc(F)c1[N+](=O)[O-]. The zero-order valence-corrected chi connectivity index (χ0v) is 8.94. The van der Waals surface area contributed by atoms with Crippen LogP contribution in [0, 0.1) is 15.9 Å². The Bertz CT molecular complexity index is 405. The van der Waals surface area contributed by atoms with Crippen molar-refractivity contribution in [1.82, 2.24) is 0 Å². The summed E-state index contributed by atoms with van der Waals surface area (Å²) in [6.07, 6.45) is 4.56. The average molecular weight is 224 g/mol. The van der Waals surface area contributed by atoms with Gasteiger partial charge in [0.1, 0.15) is 5.69 Å². The topological polar surface area (TPSA) is 55.2 Å². The fourth-order valence-corrected chi connectivity index (χ4v) is 1.30. The largest absolute Gasteiger partial charge is 0.379 e. The number of halogens is 1. The Balaban J connectivity index is 2.79. The van der Waals surface area contributed by atoms with E-state index in [2.05, 4.69) is 5.32 Å². The second-order valence-electron chi connectivity index (χ2n) is 3.18. The van der Waals surface area contributed by atoms with E-state index in [0.717, 1.165) is 12.5 Å². The van der Waals surface area contributed by atoms with Gasteiger partial charge in [0.05, 0.1) is 4.92 Å². The summed E-state index contributed by atoms with van der Waals surface area (Å²) >= 11 is 0. The number of benzene rings is 1. The number of hydrogen-bond donors (Lipinski definition) is 1. The zero-order valence-electron chi connectivity index (χ0n) is 8.94. The number of nitrogens with zero attached hydrogens (tertiary/aromatic N) is 1. The highest BCUT2D eigenvalue weighted by Gasteiger charge is 2.18. The summed E-state index contributed by atoms with van der Waals surface area (Å²) < 4.78 is 13.2. The molecule has 0 aliphatic carbocycles. The minimum atomic E-state index is -0.818. The van der Waals surface area contributed by atoms with Crippen LogP contribution in [0.15, 0.2) is 30.4 Å². The normalized spacial score (nSPS) is 10.6. The lowest BCUT2D eigenvalue weighted by molar-refractivity contribution is -0.386. The second-order valence-corrected chi connectivity index (χ2v) is 3.18. The first kappa shape index (κ1) is 12.2. The van der Waals surface area contributed by atoms with Crippen molar-refractivity contribution in [2.45, 2.75) is 13.3 Å². The van der Waals surface area contributed by atoms with Gasteiger partial charge in [0.15, 0.2) is 0 Å². The number of nitrogens with one attached hydrogen (secondary N) is 1. The Morgan fingerprint density at radius 3 is 2.94 bits per heavy atom. The predicted molar refractivity (Wildman–Crippen MR) is 61.0 cm³/mol. The van der Waals surface area contributed by atoms with Crippen LogP contribution in [0.2, 0.25) is 0 Å². The molecule has 0 unspecified atom stereocenters. The van der Waals surface area contributed by atoms with E-state index >= 15 is 0 Å². The number of rotatable bonds is 5. The molecule has 1 rings (SSSR count). The first-order valence-corrected chi connectivity index (χ1v) is 4.94. The molecule has 0 bridgehead atoms. The summed E-state index contributed by atoms with van der Waals surface area (Å²) in [4.78, 5) is 9.93. The van der Waals surface area contributed by atoms with Gasteiger partial charge >= 0.3 is 5.69 Å². The Labute approximate surface area is 92.9 Å². The molecule has 0 saturated carbocycles. The minimum Gasteiger partial charge on any atom is -0.379 e. The Kier molecular flexibility index (Phi) is 4.44. The van der Waals surface area contributed by atoms with Crippen molar-refractivity contribution in [3.05, 3.63) is 46.3 Å². The number of nitro benzene ring substituents is 1. The summed E-state index contributed by atoms with van der Waals surface area (Å²) in [7, 11) is 0. The van der Waals surface area contributed by atoms with Crippen molar-refractivity contribution >= 4 is 11.4 Å². The van der Waals surface area contributed by atoms with E-state index in [-0.39, 0.29) is 5.69 Å². The third-order valence-electron chi connectivity index (χ3n) is 2.03. The molecule has 1 aromatic carbocycles. The van der Waals surface area contributed by atoms with Crippen LogP contribution in [0.5, 0.6) is 0 Å². The molecule has 0 spiro atoms. The smallest absolute Gasteiger partial charge is 0.327 e. The van der Waals surface area contributed by atoms with E-state index in [1.165, 1.54) is 12.1 Å². The maximum Gasteiger partial charge on any atom is 0.327 e. The minimum absolute atomic E-state index is 0.217. The molecule has 0 atom stereocenters. The molecular formula is C11H13FN2O2. The van der Waals surface area contributed by atoms with E-state index in [4.69, 9.17) is 0 Å². The van der Waals surface area contributed by atoms with E-state index in [0.29, 0.717) is 6.54 Å². The van der Waals surface area contributed by atoms with Crippen molar-refractivity contribution in [3.63, 3.8) is 0 Å². The van der Waals surface area contributed by atoms with Crippen molar-refractivity contribution in [3.8, 4) is 0 Å². The van der Waals surface area contributed by atoms with Gasteiger partial charge in [-0.3, -0.25) is 10.1 Å². The average Bonchev–Trinajstić information content (AvgIpc) is 2.24. The molecule has 0 aliphatic rings. The van der Waals surface area contributed by atoms with Gasteiger partial charge in [-0.15, -0.1) is 0 Å². The number of nitro groups is 1. The van der Waals surface area contributed by atoms with Crippen LogP contribution in [-0.4, -0.2) is 11.5 Å². The zero-order chi connectivity index (χ0) is 12.0. The number of hydrogen-bond acceptors (Lipinski definition) is 3. The van der Waals surface area contributed by atoms with E-state index in [9.17, 15) is 14.5 Å². The number of para-hydroxylation sites is 1. The highest BCUT2D eigenvalue weighted by Crippen LogP contribution is 2.26. The summed E-state index contributed by atoms with van der Waals surface area (Å²) in [6, 6.07) is 4.02. The third kappa shape index (κ3) is 3.05. The van der Waals surface area contributed by atoms with E-state index < -0.39 is 16.4 Å². The molecule has 5 heteroatoms. The molecule has 1 N–H and O–H groups in total. The van der Waals surface area contributed by atoms with Crippen molar-refractivity contribution in [2.75, 3.05) is 11.9 Å². The van der Waals surface area contributed by atoms with Crippen LogP contribution in [0.25, 0.3) is 0 Å². The monoisotopic (exact) mass is 224 g/mol. The standard InChI is InChI=1S/C11H13FN2O2/c1-2-3-4-8-13-10-7-5-6-9(12)11(10)14(15)16/h2-3,5-7,13H,4,8H2,1H3/b3-2+. The first-order chi connectivity index (χ1) is 7.66. The van der Waals surface area contributed by atoms with Crippen molar-refractivity contribution < 1.29 is 9.31 Å². The van der Waals surface area contributed by atoms with Gasteiger partial charge in [-0.05, 0) is 25.5 Å². The van der Waals surface area contributed by atoms with E-state index in [1.54, 1.807) is 0 Å². The summed E-state index contributed by atoms with van der Waals surface area (Å²) in [5.41, 5.74) is -0.280. The van der Waals surface area contributed by atoms with Gasteiger partial charge in [0, 0.05) is 6.54 Å². The molecule has 16 heavy (non-hydrogen) atoms. The van der Waals surface area contributed by atoms with Crippen molar-refractivity contribution in [2.24, 2.45) is 0 Å². The van der Waals surface area contributed by atoms with Crippen molar-refractivity contribution in [1.29, 1.82) is 0 Å². The first-order valence-electron chi connectivity index (χ1n) is 4.94. The lowest BCUT2D eigenvalue weighted by atomic mass is 10.2. The fraction of sp³-hybridized carbons (Fsp3) is 0.273. The maximum atomic E-state index is 13.2. The van der Waals surface area contributed by atoms with Gasteiger partial charge in [-0.1, -0.05) is 18.2 Å². The van der Waals surface area contributed by atoms with Gasteiger partial charge in [0.2, 0.25) is 5.82 Å². The molecule has 0 aromatic heterocycles. The lowest BCUT2D eigenvalue weighted by Gasteiger charge is -2.05. The van der Waals surface area contributed by atoms with E-state index in [1.807, 2.05) is 19.1 Å². The molecular weight excluding hydrogens is 211 g/mol. The summed E-state index contributed by atoms with van der Waals surface area (Å²) in [6.45, 7) is 2.43. The molecule has 0 aliphatic heterocycles. The molecule has 86 valence electrons. The van der Waals surface area contributed by atoms with Crippen LogP contribution in [-0.2, 0) is 0 Å². The Morgan fingerprint density at radius 1 is 1.56 bits per heavy atom.